The van der Waals surface area contributed by atoms with Gasteiger partial charge in [0.2, 0.25) is 10.0 Å². The summed E-state index contributed by atoms with van der Waals surface area (Å²) in [6.07, 6.45) is 2.02. The van der Waals surface area contributed by atoms with Gasteiger partial charge in [0.15, 0.2) is 0 Å². The Balaban J connectivity index is 1.33. The average molecular weight is 572 g/mol. The minimum absolute atomic E-state index is 0.0184. The molecule has 1 aliphatic heterocycles. The van der Waals surface area contributed by atoms with E-state index in [1.165, 1.54) is 28.6 Å². The molecule has 3 heterocycles. The number of hydrogen-bond donors (Lipinski definition) is 0. The fourth-order valence-electron chi connectivity index (χ4n) is 5.14. The van der Waals surface area contributed by atoms with Gasteiger partial charge in [-0.1, -0.05) is 42.5 Å². The molecule has 0 amide bonds. The van der Waals surface area contributed by atoms with Gasteiger partial charge in [-0.3, -0.25) is 15.0 Å². The third kappa shape index (κ3) is 5.34. The third-order valence-electron chi connectivity index (χ3n) is 7.31. The number of fused-ring (bicyclic) bond motifs is 1. The predicted molar refractivity (Wildman–Crippen MR) is 153 cm³/mol. The van der Waals surface area contributed by atoms with E-state index in [1.54, 1.807) is 6.07 Å². The van der Waals surface area contributed by atoms with Crippen molar-refractivity contribution in [3.8, 4) is 22.4 Å². The number of non-ortho nitro benzene ring substituents is 1. The monoisotopic (exact) mass is 571 g/mol. The van der Waals surface area contributed by atoms with E-state index < -0.39 is 20.8 Å². The summed E-state index contributed by atoms with van der Waals surface area (Å²) in [5.74, 6) is -0.489. The second-order valence-electron chi connectivity index (χ2n) is 9.86. The Morgan fingerprint density at radius 1 is 0.829 bits per heavy atom. The van der Waals surface area contributed by atoms with Crippen LogP contribution in [0.15, 0.2) is 102 Å². The molecule has 2 aromatic heterocycles. The van der Waals surface area contributed by atoms with Crippen LogP contribution < -0.4 is 0 Å². The van der Waals surface area contributed by atoms with Crippen LogP contribution in [0.25, 0.3) is 28.0 Å². The number of nitrogens with zero attached hydrogens (tertiary/aromatic N) is 5. The largest absolute Gasteiger partial charge is 0.301 e. The number of sulfonamides is 1. The minimum Gasteiger partial charge on any atom is -0.301 e. The molecule has 1 saturated heterocycles. The fourth-order valence-corrected chi connectivity index (χ4v) is 6.56. The van der Waals surface area contributed by atoms with Gasteiger partial charge in [0, 0.05) is 56.6 Å². The normalized spacial score (nSPS) is 14.9. The average Bonchev–Trinajstić information content (AvgIpc) is 3.35. The highest BCUT2D eigenvalue weighted by Crippen LogP contribution is 2.31. The van der Waals surface area contributed by atoms with Gasteiger partial charge in [-0.15, -0.1) is 0 Å². The summed E-state index contributed by atoms with van der Waals surface area (Å²) in [6.45, 7) is 1.96. The number of rotatable bonds is 7. The highest BCUT2D eigenvalue weighted by atomic mass is 32.2. The lowest BCUT2D eigenvalue weighted by Gasteiger charge is -2.34. The van der Waals surface area contributed by atoms with E-state index >= 15 is 0 Å². The summed E-state index contributed by atoms with van der Waals surface area (Å²) in [6, 6.07) is 25.2. The summed E-state index contributed by atoms with van der Waals surface area (Å²) in [4.78, 5) is 18.1. The fraction of sp³-hybridized carbons (Fsp3) is 0.167. The molecule has 0 unspecified atom stereocenters. The van der Waals surface area contributed by atoms with Crippen LogP contribution in [0.2, 0.25) is 0 Å². The van der Waals surface area contributed by atoms with Gasteiger partial charge in [-0.05, 0) is 47.5 Å². The van der Waals surface area contributed by atoms with E-state index in [0.717, 1.165) is 29.0 Å². The second-order valence-corrected chi connectivity index (χ2v) is 11.8. The first-order valence-corrected chi connectivity index (χ1v) is 14.5. The van der Waals surface area contributed by atoms with E-state index in [0.29, 0.717) is 36.5 Å². The van der Waals surface area contributed by atoms with Crippen LogP contribution in [0.5, 0.6) is 0 Å². The molecule has 11 heteroatoms. The van der Waals surface area contributed by atoms with Crippen molar-refractivity contribution in [1.29, 1.82) is 0 Å². The van der Waals surface area contributed by atoms with Gasteiger partial charge >= 0.3 is 0 Å². The maximum atomic E-state index is 13.3. The van der Waals surface area contributed by atoms with Gasteiger partial charge in [-0.25, -0.2) is 17.8 Å². The van der Waals surface area contributed by atoms with Crippen molar-refractivity contribution in [3.63, 3.8) is 0 Å². The van der Waals surface area contributed by atoms with E-state index in [2.05, 4.69) is 4.90 Å². The Bertz CT molecular complexity index is 1830. The summed E-state index contributed by atoms with van der Waals surface area (Å²) < 4.78 is 43.0. The zero-order valence-electron chi connectivity index (χ0n) is 21.9. The van der Waals surface area contributed by atoms with Crippen molar-refractivity contribution in [2.75, 3.05) is 26.2 Å². The number of hydrogen-bond acceptors (Lipinski definition) is 6. The van der Waals surface area contributed by atoms with E-state index in [-0.39, 0.29) is 23.7 Å². The number of benzene rings is 3. The number of pyridine rings is 1. The van der Waals surface area contributed by atoms with Crippen LogP contribution in [0.3, 0.4) is 0 Å². The summed E-state index contributed by atoms with van der Waals surface area (Å²) in [7, 11) is -3.74. The molecule has 1 aliphatic rings. The molecule has 3 aromatic carbocycles. The lowest BCUT2D eigenvalue weighted by Crippen LogP contribution is -2.48. The standard InChI is InChI=1S/C30H26FN5O4S/c31-25-10-12-27(13-11-25)41(39,40)34-17-15-33(16-18-34)21-28-30(23-7-4-8-26(19-23)36(37)38)32-29-14-9-24(20-35(28)29)22-5-2-1-3-6-22/h1-14,19-20H,15-18,21H2. The number of nitro benzene ring substituents is 1. The van der Waals surface area contributed by atoms with Crippen LogP contribution in [-0.4, -0.2) is 58.1 Å². The maximum absolute atomic E-state index is 13.3. The molecule has 5 aromatic rings. The van der Waals surface area contributed by atoms with E-state index in [4.69, 9.17) is 4.98 Å². The number of aromatic nitrogens is 2. The second kappa shape index (κ2) is 10.8. The Kier molecular flexibility index (Phi) is 7.08. The summed E-state index contributed by atoms with van der Waals surface area (Å²) in [5, 5.41) is 11.5. The molecule has 0 bridgehead atoms. The third-order valence-corrected chi connectivity index (χ3v) is 9.22. The topological polar surface area (TPSA) is 101 Å². The number of piperazine rings is 1. The van der Waals surface area contributed by atoms with Gasteiger partial charge in [0.1, 0.15) is 11.5 Å². The number of nitro groups is 1. The van der Waals surface area contributed by atoms with Gasteiger partial charge in [0.25, 0.3) is 5.69 Å². The first kappa shape index (κ1) is 26.8. The summed E-state index contributed by atoms with van der Waals surface area (Å²) in [5.41, 5.74) is 4.86. The van der Waals surface area contributed by atoms with Gasteiger partial charge in [0.05, 0.1) is 21.2 Å². The highest BCUT2D eigenvalue weighted by molar-refractivity contribution is 7.89. The lowest BCUT2D eigenvalue weighted by atomic mass is 10.1. The van der Waals surface area contributed by atoms with Crippen LogP contribution in [0, 0.1) is 15.9 Å². The lowest BCUT2D eigenvalue weighted by molar-refractivity contribution is -0.384. The van der Waals surface area contributed by atoms with Gasteiger partial charge < -0.3 is 4.40 Å². The van der Waals surface area contributed by atoms with E-state index in [1.807, 2.05) is 59.1 Å². The van der Waals surface area contributed by atoms with Crippen molar-refractivity contribution in [2.24, 2.45) is 0 Å². The molecule has 6 rings (SSSR count). The SMILES string of the molecule is O=[N+]([O-])c1cccc(-c2nc3ccc(-c4ccccc4)cn3c2CN2CCN(S(=O)(=O)c3ccc(F)cc3)CC2)c1. The first-order chi connectivity index (χ1) is 19.8. The zero-order valence-corrected chi connectivity index (χ0v) is 22.7. The predicted octanol–water partition coefficient (Wildman–Crippen LogP) is 5.22. The molecular formula is C30H26FN5O4S. The number of halogens is 1. The Labute approximate surface area is 236 Å². The van der Waals surface area contributed by atoms with Gasteiger partial charge in [-0.2, -0.15) is 4.31 Å². The van der Waals surface area contributed by atoms with Crippen LogP contribution in [0.1, 0.15) is 5.69 Å². The van der Waals surface area contributed by atoms with Crippen molar-refractivity contribution in [2.45, 2.75) is 11.4 Å². The van der Waals surface area contributed by atoms with Crippen LogP contribution in [-0.2, 0) is 16.6 Å². The Morgan fingerprint density at radius 3 is 2.24 bits per heavy atom. The molecule has 0 aliphatic carbocycles. The molecule has 0 radical (unpaired) electrons. The van der Waals surface area contributed by atoms with Crippen molar-refractivity contribution < 1.29 is 17.7 Å². The van der Waals surface area contributed by atoms with Crippen molar-refractivity contribution >= 4 is 21.4 Å². The maximum Gasteiger partial charge on any atom is 0.270 e. The molecular weight excluding hydrogens is 545 g/mol. The molecule has 0 N–H and O–H groups in total. The smallest absolute Gasteiger partial charge is 0.270 e. The molecule has 0 atom stereocenters. The Morgan fingerprint density at radius 2 is 1.54 bits per heavy atom. The minimum atomic E-state index is -3.74. The highest BCUT2D eigenvalue weighted by Gasteiger charge is 2.29. The van der Waals surface area contributed by atoms with Crippen molar-refractivity contribution in [3.05, 3.63) is 119 Å². The molecule has 1 fully saturated rings. The van der Waals surface area contributed by atoms with Crippen LogP contribution in [0.4, 0.5) is 10.1 Å². The van der Waals surface area contributed by atoms with Crippen LogP contribution >= 0.6 is 0 Å². The summed E-state index contributed by atoms with van der Waals surface area (Å²) >= 11 is 0. The van der Waals surface area contributed by atoms with E-state index in [9.17, 15) is 22.9 Å². The molecule has 208 valence electrons. The quantitative estimate of drug-likeness (QED) is 0.196. The molecule has 9 nitrogen and oxygen atoms in total. The molecule has 0 spiro atoms. The van der Waals surface area contributed by atoms with Crippen molar-refractivity contribution in [1.82, 2.24) is 18.6 Å². The zero-order chi connectivity index (χ0) is 28.6. The number of imidazole rings is 1. The molecule has 0 saturated carbocycles. The Hall–Kier alpha value is -4.45. The molecule has 41 heavy (non-hydrogen) atoms. The first-order valence-electron chi connectivity index (χ1n) is 13.1.